The minimum atomic E-state index is 0.0375. The number of nitrogens with zero attached hydrogens (tertiary/aromatic N) is 2. The van der Waals surface area contributed by atoms with E-state index < -0.39 is 0 Å². The number of benzene rings is 2. The molecule has 27 heavy (non-hydrogen) atoms. The number of nitrogens with one attached hydrogen (secondary N) is 1. The van der Waals surface area contributed by atoms with Crippen LogP contribution in [0.1, 0.15) is 24.1 Å². The van der Waals surface area contributed by atoms with E-state index in [1.54, 1.807) is 7.11 Å². The number of aryl methyl sites for hydroxylation is 1. The molecule has 5 heteroatoms. The van der Waals surface area contributed by atoms with E-state index in [9.17, 15) is 4.79 Å². The first kappa shape index (κ1) is 18.6. The molecule has 0 unspecified atom stereocenters. The lowest BCUT2D eigenvalue weighted by Gasteiger charge is -2.07. The SMILES string of the molecule is COc1ccc(-c2cc(CNC(=O)CCCc3ccccc3)ncn2)cc1. The summed E-state index contributed by atoms with van der Waals surface area (Å²) in [6.45, 7) is 0.399. The van der Waals surface area contributed by atoms with Gasteiger partial charge in [-0.2, -0.15) is 0 Å². The van der Waals surface area contributed by atoms with E-state index in [1.807, 2.05) is 48.5 Å². The Morgan fingerprint density at radius 3 is 2.56 bits per heavy atom. The fourth-order valence-corrected chi connectivity index (χ4v) is 2.79. The Kier molecular flexibility index (Phi) is 6.52. The highest BCUT2D eigenvalue weighted by atomic mass is 16.5. The van der Waals surface area contributed by atoms with Gasteiger partial charge in [-0.1, -0.05) is 30.3 Å². The Labute approximate surface area is 159 Å². The number of aromatic nitrogens is 2. The van der Waals surface area contributed by atoms with Crippen molar-refractivity contribution in [1.29, 1.82) is 0 Å². The van der Waals surface area contributed by atoms with Crippen LogP contribution in [-0.2, 0) is 17.8 Å². The van der Waals surface area contributed by atoms with Gasteiger partial charge in [0.1, 0.15) is 12.1 Å². The smallest absolute Gasteiger partial charge is 0.220 e. The first-order chi connectivity index (χ1) is 13.2. The summed E-state index contributed by atoms with van der Waals surface area (Å²) >= 11 is 0. The second-order valence-corrected chi connectivity index (χ2v) is 6.24. The van der Waals surface area contributed by atoms with E-state index in [-0.39, 0.29) is 5.91 Å². The Morgan fingerprint density at radius 2 is 1.81 bits per heavy atom. The zero-order valence-electron chi connectivity index (χ0n) is 15.4. The lowest BCUT2D eigenvalue weighted by atomic mass is 10.1. The molecule has 0 radical (unpaired) electrons. The van der Waals surface area contributed by atoms with Crippen LogP contribution in [0.3, 0.4) is 0 Å². The Hall–Kier alpha value is -3.21. The van der Waals surface area contributed by atoms with Gasteiger partial charge in [-0.05, 0) is 48.7 Å². The molecule has 1 N–H and O–H groups in total. The van der Waals surface area contributed by atoms with Crippen molar-refractivity contribution in [3.05, 3.63) is 78.2 Å². The average Bonchev–Trinajstić information content (AvgIpc) is 2.73. The number of amides is 1. The second-order valence-electron chi connectivity index (χ2n) is 6.24. The van der Waals surface area contributed by atoms with Crippen LogP contribution in [0, 0.1) is 0 Å². The predicted molar refractivity (Wildman–Crippen MR) is 105 cm³/mol. The molecule has 3 aromatic rings. The zero-order valence-corrected chi connectivity index (χ0v) is 15.4. The average molecular weight is 361 g/mol. The van der Waals surface area contributed by atoms with Crippen LogP contribution in [0.25, 0.3) is 11.3 Å². The van der Waals surface area contributed by atoms with Gasteiger partial charge in [-0.3, -0.25) is 4.79 Å². The fourth-order valence-electron chi connectivity index (χ4n) is 2.79. The van der Waals surface area contributed by atoms with Crippen LogP contribution in [0.15, 0.2) is 67.0 Å². The summed E-state index contributed by atoms with van der Waals surface area (Å²) in [5.74, 6) is 0.839. The molecule has 0 atom stereocenters. The monoisotopic (exact) mass is 361 g/mol. The predicted octanol–water partition coefficient (Wildman–Crippen LogP) is 3.79. The number of hydrogen-bond donors (Lipinski definition) is 1. The molecule has 0 spiro atoms. The van der Waals surface area contributed by atoms with Crippen molar-refractivity contribution in [2.45, 2.75) is 25.8 Å². The van der Waals surface area contributed by atoms with E-state index in [0.717, 1.165) is 35.5 Å². The van der Waals surface area contributed by atoms with Gasteiger partial charge in [-0.25, -0.2) is 9.97 Å². The van der Waals surface area contributed by atoms with E-state index >= 15 is 0 Å². The first-order valence-corrected chi connectivity index (χ1v) is 9.00. The van der Waals surface area contributed by atoms with Crippen LogP contribution < -0.4 is 10.1 Å². The minimum absolute atomic E-state index is 0.0375. The molecular weight excluding hydrogens is 338 g/mol. The van der Waals surface area contributed by atoms with Crippen molar-refractivity contribution in [3.8, 4) is 17.0 Å². The van der Waals surface area contributed by atoms with E-state index in [1.165, 1.54) is 11.9 Å². The number of carbonyl (C=O) groups is 1. The topological polar surface area (TPSA) is 64.1 Å². The van der Waals surface area contributed by atoms with Gasteiger partial charge in [0.25, 0.3) is 0 Å². The molecule has 0 aliphatic carbocycles. The molecule has 1 amide bonds. The van der Waals surface area contributed by atoms with E-state index in [2.05, 4.69) is 27.4 Å². The number of carbonyl (C=O) groups excluding carboxylic acids is 1. The van der Waals surface area contributed by atoms with Gasteiger partial charge in [0.2, 0.25) is 5.91 Å². The largest absolute Gasteiger partial charge is 0.497 e. The highest BCUT2D eigenvalue weighted by Gasteiger charge is 2.05. The molecule has 2 aromatic carbocycles. The van der Waals surface area contributed by atoms with Gasteiger partial charge < -0.3 is 10.1 Å². The van der Waals surface area contributed by atoms with Crippen molar-refractivity contribution in [2.24, 2.45) is 0 Å². The molecule has 3 rings (SSSR count). The molecule has 138 valence electrons. The van der Waals surface area contributed by atoms with Crippen molar-refractivity contribution in [3.63, 3.8) is 0 Å². The highest BCUT2D eigenvalue weighted by molar-refractivity contribution is 5.75. The van der Waals surface area contributed by atoms with Crippen LogP contribution >= 0.6 is 0 Å². The summed E-state index contributed by atoms with van der Waals surface area (Å²) in [6.07, 6.45) is 3.77. The van der Waals surface area contributed by atoms with Crippen molar-refractivity contribution < 1.29 is 9.53 Å². The van der Waals surface area contributed by atoms with Gasteiger partial charge in [0, 0.05) is 12.0 Å². The van der Waals surface area contributed by atoms with E-state index in [4.69, 9.17) is 4.74 Å². The normalized spacial score (nSPS) is 10.4. The Balaban J connectivity index is 1.49. The van der Waals surface area contributed by atoms with Crippen LogP contribution in [0.2, 0.25) is 0 Å². The third-order valence-corrected chi connectivity index (χ3v) is 4.29. The van der Waals surface area contributed by atoms with E-state index in [0.29, 0.717) is 13.0 Å². The molecule has 0 saturated carbocycles. The number of methoxy groups -OCH3 is 1. The minimum Gasteiger partial charge on any atom is -0.497 e. The lowest BCUT2D eigenvalue weighted by Crippen LogP contribution is -2.23. The summed E-state index contributed by atoms with van der Waals surface area (Å²) in [5.41, 5.74) is 3.84. The lowest BCUT2D eigenvalue weighted by molar-refractivity contribution is -0.121. The summed E-state index contributed by atoms with van der Waals surface area (Å²) < 4.78 is 5.17. The van der Waals surface area contributed by atoms with Crippen molar-refractivity contribution >= 4 is 5.91 Å². The standard InChI is InChI=1S/C22H23N3O2/c1-27-20-12-10-18(11-13-20)21-14-19(24-16-25-21)15-23-22(26)9-5-8-17-6-3-2-4-7-17/h2-4,6-7,10-14,16H,5,8-9,15H2,1H3,(H,23,26). The Morgan fingerprint density at radius 1 is 1.04 bits per heavy atom. The van der Waals surface area contributed by atoms with Crippen molar-refractivity contribution in [2.75, 3.05) is 7.11 Å². The Bertz CT molecular complexity index is 864. The molecule has 0 saturated heterocycles. The third-order valence-electron chi connectivity index (χ3n) is 4.29. The molecule has 0 aliphatic rings. The number of hydrogen-bond acceptors (Lipinski definition) is 4. The number of ether oxygens (including phenoxy) is 1. The third kappa shape index (κ3) is 5.64. The zero-order chi connectivity index (χ0) is 18.9. The van der Waals surface area contributed by atoms with Gasteiger partial charge in [0.05, 0.1) is 25.0 Å². The molecule has 1 aromatic heterocycles. The molecule has 0 bridgehead atoms. The molecular formula is C22H23N3O2. The summed E-state index contributed by atoms with van der Waals surface area (Å²) in [6, 6.07) is 19.8. The summed E-state index contributed by atoms with van der Waals surface area (Å²) in [4.78, 5) is 20.6. The highest BCUT2D eigenvalue weighted by Crippen LogP contribution is 2.20. The maximum atomic E-state index is 12.1. The van der Waals surface area contributed by atoms with Crippen LogP contribution in [0.4, 0.5) is 0 Å². The molecule has 5 nitrogen and oxygen atoms in total. The van der Waals surface area contributed by atoms with Crippen LogP contribution in [-0.4, -0.2) is 23.0 Å². The van der Waals surface area contributed by atoms with Gasteiger partial charge in [0.15, 0.2) is 0 Å². The first-order valence-electron chi connectivity index (χ1n) is 9.00. The fraction of sp³-hybridized carbons (Fsp3) is 0.227. The second kappa shape index (κ2) is 9.48. The van der Waals surface area contributed by atoms with Gasteiger partial charge in [-0.15, -0.1) is 0 Å². The summed E-state index contributed by atoms with van der Waals surface area (Å²) in [7, 11) is 1.64. The summed E-state index contributed by atoms with van der Waals surface area (Å²) in [5, 5.41) is 2.93. The quantitative estimate of drug-likeness (QED) is 0.663. The molecule has 0 aliphatic heterocycles. The molecule has 0 fully saturated rings. The van der Waals surface area contributed by atoms with Crippen LogP contribution in [0.5, 0.6) is 5.75 Å². The molecule has 1 heterocycles. The number of rotatable bonds is 8. The van der Waals surface area contributed by atoms with Crippen molar-refractivity contribution in [1.82, 2.24) is 15.3 Å². The maximum absolute atomic E-state index is 12.1. The maximum Gasteiger partial charge on any atom is 0.220 e. The van der Waals surface area contributed by atoms with Gasteiger partial charge >= 0.3 is 0 Å².